The third kappa shape index (κ3) is 2.03. The van der Waals surface area contributed by atoms with E-state index in [1.807, 2.05) is 0 Å². The zero-order valence-electron chi connectivity index (χ0n) is 10.3. The summed E-state index contributed by atoms with van der Waals surface area (Å²) in [5.74, 6) is -0.751. The normalized spacial score (nSPS) is 16.9. The molecule has 1 N–H and O–H groups in total. The number of imidazole rings is 1. The molecule has 106 valence electrons. The van der Waals surface area contributed by atoms with Gasteiger partial charge in [-0.25, -0.2) is 17.8 Å². The highest BCUT2D eigenvalue weighted by Crippen LogP contribution is 2.26. The van der Waals surface area contributed by atoms with Gasteiger partial charge in [0.25, 0.3) is 0 Å². The summed E-state index contributed by atoms with van der Waals surface area (Å²) in [6, 6.07) is 6.36. The van der Waals surface area contributed by atoms with Crippen molar-refractivity contribution >= 4 is 21.4 Å². The van der Waals surface area contributed by atoms with E-state index in [1.54, 1.807) is 24.3 Å². The van der Waals surface area contributed by atoms with Crippen LogP contribution in [0.5, 0.6) is 5.88 Å². The van der Waals surface area contributed by atoms with Crippen molar-refractivity contribution in [3.05, 3.63) is 45.5 Å². The highest BCUT2D eigenvalue weighted by atomic mass is 35.5. The van der Waals surface area contributed by atoms with Crippen molar-refractivity contribution in [2.45, 2.75) is 12.3 Å². The SMILES string of the molecule is O=c1n2c(c(O)n1-c1ccc(Cl)cc1)CS(=O)(=O)CC2. The molecule has 2 heterocycles. The van der Waals surface area contributed by atoms with Crippen LogP contribution in [0.25, 0.3) is 5.69 Å². The Bertz CT molecular complexity index is 834. The second-order valence-electron chi connectivity index (χ2n) is 4.61. The van der Waals surface area contributed by atoms with E-state index >= 15 is 0 Å². The minimum Gasteiger partial charge on any atom is -0.493 e. The summed E-state index contributed by atoms with van der Waals surface area (Å²) in [5, 5.41) is 10.7. The van der Waals surface area contributed by atoms with Gasteiger partial charge >= 0.3 is 5.69 Å². The van der Waals surface area contributed by atoms with Crippen LogP contribution in [-0.4, -0.2) is 28.4 Å². The predicted octanol–water partition coefficient (Wildman–Crippen LogP) is 0.926. The number of halogens is 1. The molecule has 20 heavy (non-hydrogen) atoms. The van der Waals surface area contributed by atoms with Crippen LogP contribution in [0.2, 0.25) is 5.02 Å². The number of hydrogen-bond donors (Lipinski definition) is 1. The van der Waals surface area contributed by atoms with E-state index in [9.17, 15) is 18.3 Å². The van der Waals surface area contributed by atoms with Crippen LogP contribution in [0, 0.1) is 0 Å². The van der Waals surface area contributed by atoms with Gasteiger partial charge in [-0.3, -0.25) is 4.57 Å². The number of fused-ring (bicyclic) bond motifs is 1. The Morgan fingerprint density at radius 1 is 1.20 bits per heavy atom. The number of aromatic hydroxyl groups is 1. The number of rotatable bonds is 1. The van der Waals surface area contributed by atoms with Gasteiger partial charge in [-0.05, 0) is 24.3 Å². The third-order valence-corrected chi connectivity index (χ3v) is 5.06. The number of sulfone groups is 1. The first kappa shape index (κ1) is 13.3. The van der Waals surface area contributed by atoms with Gasteiger partial charge in [0.2, 0.25) is 5.88 Å². The van der Waals surface area contributed by atoms with Crippen molar-refractivity contribution in [3.63, 3.8) is 0 Å². The lowest BCUT2D eigenvalue weighted by Gasteiger charge is -2.13. The van der Waals surface area contributed by atoms with E-state index in [4.69, 9.17) is 11.6 Å². The molecule has 0 saturated carbocycles. The fraction of sp³-hybridized carbons (Fsp3) is 0.250. The van der Waals surface area contributed by atoms with Gasteiger partial charge in [0.15, 0.2) is 9.84 Å². The number of nitrogens with zero attached hydrogens (tertiary/aromatic N) is 2. The molecule has 0 atom stereocenters. The van der Waals surface area contributed by atoms with Crippen molar-refractivity contribution < 1.29 is 13.5 Å². The molecule has 0 unspecified atom stereocenters. The fourth-order valence-corrected chi connectivity index (χ4v) is 3.72. The average Bonchev–Trinajstić information content (AvgIpc) is 2.62. The Morgan fingerprint density at radius 3 is 2.50 bits per heavy atom. The van der Waals surface area contributed by atoms with Crippen LogP contribution in [-0.2, 0) is 22.1 Å². The number of aromatic nitrogens is 2. The Morgan fingerprint density at radius 2 is 1.85 bits per heavy atom. The molecule has 0 fully saturated rings. The van der Waals surface area contributed by atoms with Crippen LogP contribution < -0.4 is 5.69 Å². The summed E-state index contributed by atoms with van der Waals surface area (Å²) in [7, 11) is -3.27. The summed E-state index contributed by atoms with van der Waals surface area (Å²) in [6.07, 6.45) is 0. The molecule has 1 aromatic heterocycles. The van der Waals surface area contributed by atoms with E-state index < -0.39 is 15.5 Å². The first-order valence-corrected chi connectivity index (χ1v) is 8.09. The van der Waals surface area contributed by atoms with E-state index in [2.05, 4.69) is 0 Å². The summed E-state index contributed by atoms with van der Waals surface area (Å²) in [4.78, 5) is 12.3. The highest BCUT2D eigenvalue weighted by molar-refractivity contribution is 7.90. The molecule has 1 aliphatic heterocycles. The summed E-state index contributed by atoms with van der Waals surface area (Å²) < 4.78 is 25.6. The van der Waals surface area contributed by atoms with E-state index in [0.717, 1.165) is 4.57 Å². The van der Waals surface area contributed by atoms with Crippen molar-refractivity contribution in [2.24, 2.45) is 0 Å². The fourth-order valence-electron chi connectivity index (χ4n) is 2.28. The van der Waals surface area contributed by atoms with Crippen molar-refractivity contribution in [1.82, 2.24) is 9.13 Å². The first-order chi connectivity index (χ1) is 9.39. The van der Waals surface area contributed by atoms with Gasteiger partial charge in [-0.2, -0.15) is 0 Å². The van der Waals surface area contributed by atoms with Crippen LogP contribution >= 0.6 is 11.6 Å². The largest absolute Gasteiger partial charge is 0.493 e. The van der Waals surface area contributed by atoms with Gasteiger partial charge in [0, 0.05) is 11.6 Å². The minimum atomic E-state index is -3.27. The quantitative estimate of drug-likeness (QED) is 0.849. The van der Waals surface area contributed by atoms with Crippen molar-refractivity contribution in [1.29, 1.82) is 0 Å². The first-order valence-electron chi connectivity index (χ1n) is 5.89. The third-order valence-electron chi connectivity index (χ3n) is 3.29. The molecule has 8 heteroatoms. The van der Waals surface area contributed by atoms with Crippen LogP contribution in [0.3, 0.4) is 0 Å². The molecule has 0 spiro atoms. The maximum absolute atomic E-state index is 12.3. The molecule has 0 bridgehead atoms. The van der Waals surface area contributed by atoms with E-state index in [1.165, 1.54) is 4.57 Å². The molecule has 0 radical (unpaired) electrons. The van der Waals surface area contributed by atoms with Gasteiger partial charge < -0.3 is 5.11 Å². The molecule has 3 rings (SSSR count). The molecule has 0 aliphatic carbocycles. The maximum Gasteiger partial charge on any atom is 0.335 e. The number of benzene rings is 1. The molecule has 2 aromatic rings. The molecule has 1 aliphatic rings. The molecular formula is C12H11ClN2O4S. The summed E-state index contributed by atoms with van der Waals surface area (Å²) in [5.41, 5.74) is 0.127. The van der Waals surface area contributed by atoms with Crippen LogP contribution in [0.4, 0.5) is 0 Å². The summed E-state index contributed by atoms with van der Waals surface area (Å²) in [6.45, 7) is 0.0602. The molecular weight excluding hydrogens is 304 g/mol. The monoisotopic (exact) mass is 314 g/mol. The maximum atomic E-state index is 12.3. The minimum absolute atomic E-state index is 0.0602. The van der Waals surface area contributed by atoms with Gasteiger partial charge in [-0.15, -0.1) is 0 Å². The van der Waals surface area contributed by atoms with Gasteiger partial charge in [0.05, 0.1) is 22.9 Å². The highest BCUT2D eigenvalue weighted by Gasteiger charge is 2.29. The molecule has 0 saturated heterocycles. The summed E-state index contributed by atoms with van der Waals surface area (Å²) >= 11 is 5.78. The Labute approximate surface area is 119 Å². The molecule has 0 amide bonds. The van der Waals surface area contributed by atoms with Crippen LogP contribution in [0.15, 0.2) is 29.1 Å². The van der Waals surface area contributed by atoms with Crippen molar-refractivity contribution in [2.75, 3.05) is 5.75 Å². The Balaban J connectivity index is 2.22. The van der Waals surface area contributed by atoms with E-state index in [0.29, 0.717) is 10.7 Å². The average molecular weight is 315 g/mol. The predicted molar refractivity (Wildman–Crippen MR) is 74.2 cm³/mol. The number of hydrogen-bond acceptors (Lipinski definition) is 4. The lowest BCUT2D eigenvalue weighted by molar-refractivity contribution is 0.434. The second-order valence-corrected chi connectivity index (χ2v) is 7.23. The standard InChI is InChI=1S/C12H11ClN2O4S/c13-8-1-3-9(4-2-8)15-11(16)10-7-20(18,19)6-5-14(10)12(15)17/h1-4,16H,5-7H2. The van der Waals surface area contributed by atoms with Crippen LogP contribution in [0.1, 0.15) is 5.69 Å². The second kappa shape index (κ2) is 4.39. The Kier molecular flexibility index (Phi) is 2.91. The smallest absolute Gasteiger partial charge is 0.335 e. The Hall–Kier alpha value is -1.73. The van der Waals surface area contributed by atoms with Gasteiger partial charge in [0.1, 0.15) is 0 Å². The van der Waals surface area contributed by atoms with Gasteiger partial charge in [-0.1, -0.05) is 11.6 Å². The molecule has 1 aromatic carbocycles. The lowest BCUT2D eigenvalue weighted by atomic mass is 10.3. The molecule has 6 nitrogen and oxygen atoms in total. The van der Waals surface area contributed by atoms with Crippen molar-refractivity contribution in [3.8, 4) is 11.6 Å². The topological polar surface area (TPSA) is 81.3 Å². The lowest BCUT2D eigenvalue weighted by Crippen LogP contribution is -2.31. The zero-order chi connectivity index (χ0) is 14.5. The zero-order valence-corrected chi connectivity index (χ0v) is 11.9. The van der Waals surface area contributed by atoms with E-state index in [-0.39, 0.29) is 29.6 Å².